The molecule has 2 aromatic carbocycles. The number of anilines is 1. The Morgan fingerprint density at radius 3 is 2.83 bits per heavy atom. The van der Waals surface area contributed by atoms with E-state index in [9.17, 15) is 4.79 Å². The number of rotatable bonds is 3. The van der Waals surface area contributed by atoms with Crippen LogP contribution in [0.3, 0.4) is 0 Å². The van der Waals surface area contributed by atoms with Gasteiger partial charge in [0, 0.05) is 29.8 Å². The molecule has 0 unspecified atom stereocenters. The largest absolute Gasteiger partial charge is 0.328 e. The monoisotopic (exact) mass is 317 g/mol. The summed E-state index contributed by atoms with van der Waals surface area (Å²) in [7, 11) is 0. The van der Waals surface area contributed by atoms with Gasteiger partial charge >= 0.3 is 0 Å². The first-order valence-corrected chi connectivity index (χ1v) is 8.23. The molecule has 0 saturated carbocycles. The lowest BCUT2D eigenvalue weighted by molar-refractivity contribution is 0.102. The Bertz CT molecular complexity index is 894. The van der Waals surface area contributed by atoms with Crippen molar-refractivity contribution in [2.45, 2.75) is 26.3 Å². The lowest BCUT2D eigenvalue weighted by Gasteiger charge is -2.09. The predicted molar refractivity (Wildman–Crippen MR) is 95.1 cm³/mol. The molecule has 0 fully saturated rings. The molecule has 4 nitrogen and oxygen atoms in total. The van der Waals surface area contributed by atoms with Gasteiger partial charge in [0.05, 0.1) is 11.9 Å². The summed E-state index contributed by atoms with van der Waals surface area (Å²) >= 11 is 0. The van der Waals surface area contributed by atoms with Gasteiger partial charge in [-0.3, -0.25) is 4.79 Å². The zero-order valence-electron chi connectivity index (χ0n) is 13.6. The molecular weight excluding hydrogens is 298 g/mol. The van der Waals surface area contributed by atoms with E-state index in [2.05, 4.69) is 20.9 Å². The summed E-state index contributed by atoms with van der Waals surface area (Å²) < 4.78 is 2.26. The van der Waals surface area contributed by atoms with Gasteiger partial charge in [-0.25, -0.2) is 4.98 Å². The number of nitrogens with one attached hydrogen (secondary N) is 1. The smallest absolute Gasteiger partial charge is 0.255 e. The van der Waals surface area contributed by atoms with Crippen LogP contribution in [0.1, 0.15) is 28.2 Å². The molecule has 0 saturated heterocycles. The van der Waals surface area contributed by atoms with Crippen LogP contribution in [-0.2, 0) is 13.0 Å². The van der Waals surface area contributed by atoms with E-state index in [1.807, 2.05) is 55.6 Å². The van der Waals surface area contributed by atoms with Crippen LogP contribution in [0.15, 0.2) is 54.7 Å². The fourth-order valence-electron chi connectivity index (χ4n) is 3.15. The number of imidazole rings is 1. The zero-order chi connectivity index (χ0) is 16.5. The van der Waals surface area contributed by atoms with Crippen molar-refractivity contribution < 1.29 is 4.79 Å². The van der Waals surface area contributed by atoms with Crippen molar-refractivity contribution in [2.75, 3.05) is 5.32 Å². The number of amides is 1. The number of aryl methyl sites for hydroxylation is 2. The molecular formula is C20H19N3O. The van der Waals surface area contributed by atoms with Gasteiger partial charge in [-0.15, -0.1) is 0 Å². The number of carbonyl (C=O) groups excluding carboxylic acids is 1. The number of carbonyl (C=O) groups is 1. The van der Waals surface area contributed by atoms with Crippen LogP contribution in [0, 0.1) is 6.92 Å². The highest BCUT2D eigenvalue weighted by Crippen LogP contribution is 2.27. The third kappa shape index (κ3) is 2.71. The standard InChI is InChI=1S/C20H19N3O/c1-14-7-9-15(10-8-14)20(24)22-17-5-2-4-16(12-17)18-13-21-19-6-3-11-23(18)19/h2,4-5,7-10,12-13H,3,6,11H2,1H3,(H,22,24). The molecule has 0 bridgehead atoms. The first-order chi connectivity index (χ1) is 11.7. The second-order valence-electron chi connectivity index (χ2n) is 6.22. The molecule has 0 atom stereocenters. The average Bonchev–Trinajstić information content (AvgIpc) is 3.19. The minimum atomic E-state index is -0.0920. The average molecular weight is 317 g/mol. The first kappa shape index (κ1) is 14.7. The van der Waals surface area contributed by atoms with Gasteiger partial charge in [0.25, 0.3) is 5.91 Å². The number of benzene rings is 2. The van der Waals surface area contributed by atoms with Crippen LogP contribution in [-0.4, -0.2) is 15.5 Å². The summed E-state index contributed by atoms with van der Waals surface area (Å²) in [5.74, 6) is 1.06. The van der Waals surface area contributed by atoms with E-state index in [0.29, 0.717) is 5.56 Å². The van der Waals surface area contributed by atoms with E-state index in [1.54, 1.807) is 0 Å². The molecule has 1 aliphatic heterocycles. The molecule has 1 amide bonds. The Balaban J connectivity index is 1.58. The van der Waals surface area contributed by atoms with Crippen molar-refractivity contribution in [3.8, 4) is 11.3 Å². The highest BCUT2D eigenvalue weighted by atomic mass is 16.1. The highest BCUT2D eigenvalue weighted by molar-refractivity contribution is 6.04. The maximum absolute atomic E-state index is 12.4. The van der Waals surface area contributed by atoms with Gasteiger partial charge in [-0.1, -0.05) is 29.8 Å². The van der Waals surface area contributed by atoms with E-state index in [-0.39, 0.29) is 5.91 Å². The second-order valence-corrected chi connectivity index (χ2v) is 6.22. The Hall–Kier alpha value is -2.88. The summed E-state index contributed by atoms with van der Waals surface area (Å²) in [6.45, 7) is 3.03. The minimum absolute atomic E-state index is 0.0920. The van der Waals surface area contributed by atoms with Crippen LogP contribution in [0.2, 0.25) is 0 Å². The Kier molecular flexibility index (Phi) is 3.65. The molecule has 3 aromatic rings. The van der Waals surface area contributed by atoms with Crippen LogP contribution >= 0.6 is 0 Å². The summed E-state index contributed by atoms with van der Waals surface area (Å²) in [4.78, 5) is 16.9. The summed E-state index contributed by atoms with van der Waals surface area (Å²) in [6.07, 6.45) is 4.12. The molecule has 1 aromatic heterocycles. The van der Waals surface area contributed by atoms with Crippen molar-refractivity contribution in [2.24, 2.45) is 0 Å². The first-order valence-electron chi connectivity index (χ1n) is 8.23. The lowest BCUT2D eigenvalue weighted by atomic mass is 10.1. The SMILES string of the molecule is Cc1ccc(C(=O)Nc2cccc(-c3cnc4n3CCC4)c2)cc1. The minimum Gasteiger partial charge on any atom is -0.328 e. The quantitative estimate of drug-likeness (QED) is 0.792. The maximum atomic E-state index is 12.4. The molecule has 0 spiro atoms. The molecule has 24 heavy (non-hydrogen) atoms. The van der Waals surface area contributed by atoms with Crippen molar-refractivity contribution >= 4 is 11.6 Å². The fraction of sp³-hybridized carbons (Fsp3) is 0.200. The van der Waals surface area contributed by atoms with E-state index >= 15 is 0 Å². The van der Waals surface area contributed by atoms with Crippen LogP contribution in [0.5, 0.6) is 0 Å². The van der Waals surface area contributed by atoms with Crippen LogP contribution in [0.4, 0.5) is 5.69 Å². The molecule has 0 radical (unpaired) electrons. The fourth-order valence-corrected chi connectivity index (χ4v) is 3.15. The second kappa shape index (κ2) is 5.96. The number of aromatic nitrogens is 2. The van der Waals surface area contributed by atoms with Crippen molar-refractivity contribution in [3.63, 3.8) is 0 Å². The highest BCUT2D eigenvalue weighted by Gasteiger charge is 2.16. The summed E-state index contributed by atoms with van der Waals surface area (Å²) in [5, 5.41) is 2.98. The maximum Gasteiger partial charge on any atom is 0.255 e. The van der Waals surface area contributed by atoms with Gasteiger partial charge in [0.2, 0.25) is 0 Å². The molecule has 2 heterocycles. The third-order valence-electron chi connectivity index (χ3n) is 4.45. The van der Waals surface area contributed by atoms with E-state index < -0.39 is 0 Å². The number of hydrogen-bond acceptors (Lipinski definition) is 2. The van der Waals surface area contributed by atoms with Gasteiger partial charge in [-0.05, 0) is 37.6 Å². The molecule has 1 aliphatic rings. The summed E-state index contributed by atoms with van der Waals surface area (Å²) in [5.41, 5.74) is 4.80. The van der Waals surface area contributed by atoms with Crippen molar-refractivity contribution in [3.05, 3.63) is 71.7 Å². The Morgan fingerprint density at radius 1 is 1.17 bits per heavy atom. The van der Waals surface area contributed by atoms with Gasteiger partial charge in [0.1, 0.15) is 5.82 Å². The van der Waals surface area contributed by atoms with Gasteiger partial charge in [-0.2, -0.15) is 0 Å². The summed E-state index contributed by atoms with van der Waals surface area (Å²) in [6, 6.07) is 15.5. The Labute approximate surface area is 141 Å². The normalized spacial score (nSPS) is 12.9. The molecule has 1 N–H and O–H groups in total. The predicted octanol–water partition coefficient (Wildman–Crippen LogP) is 4.06. The molecule has 0 aliphatic carbocycles. The van der Waals surface area contributed by atoms with E-state index in [0.717, 1.165) is 47.7 Å². The van der Waals surface area contributed by atoms with Crippen molar-refractivity contribution in [1.29, 1.82) is 0 Å². The van der Waals surface area contributed by atoms with Crippen LogP contribution in [0.25, 0.3) is 11.3 Å². The number of fused-ring (bicyclic) bond motifs is 1. The molecule has 4 heteroatoms. The van der Waals surface area contributed by atoms with E-state index in [1.165, 1.54) is 0 Å². The zero-order valence-corrected chi connectivity index (χ0v) is 13.6. The molecule has 120 valence electrons. The topological polar surface area (TPSA) is 46.9 Å². The van der Waals surface area contributed by atoms with Crippen LogP contribution < -0.4 is 5.32 Å². The van der Waals surface area contributed by atoms with Crippen molar-refractivity contribution in [1.82, 2.24) is 9.55 Å². The lowest BCUT2D eigenvalue weighted by Crippen LogP contribution is -2.11. The Morgan fingerprint density at radius 2 is 2.00 bits per heavy atom. The third-order valence-corrected chi connectivity index (χ3v) is 4.45. The number of hydrogen-bond donors (Lipinski definition) is 1. The van der Waals surface area contributed by atoms with E-state index in [4.69, 9.17) is 0 Å². The van der Waals surface area contributed by atoms with Gasteiger partial charge in [0.15, 0.2) is 0 Å². The number of nitrogens with zero attached hydrogens (tertiary/aromatic N) is 2. The molecule has 4 rings (SSSR count). The van der Waals surface area contributed by atoms with Gasteiger partial charge < -0.3 is 9.88 Å².